The maximum atomic E-state index is 12.2. The summed E-state index contributed by atoms with van der Waals surface area (Å²) in [7, 11) is 0. The topological polar surface area (TPSA) is 76.4 Å². The van der Waals surface area contributed by atoms with Gasteiger partial charge in [0.15, 0.2) is 0 Å². The van der Waals surface area contributed by atoms with Crippen LogP contribution >= 0.6 is 0 Å². The van der Waals surface area contributed by atoms with Crippen molar-refractivity contribution in [1.82, 2.24) is 4.90 Å². The number of aliphatic hydroxyl groups is 1. The molecule has 5 nitrogen and oxygen atoms in total. The predicted molar refractivity (Wildman–Crippen MR) is 76.1 cm³/mol. The van der Waals surface area contributed by atoms with Crippen molar-refractivity contribution in [2.75, 3.05) is 18.4 Å². The predicted octanol–water partition coefficient (Wildman–Crippen LogP) is 1.34. The molecule has 20 heavy (non-hydrogen) atoms. The van der Waals surface area contributed by atoms with E-state index in [4.69, 9.17) is 5.26 Å². The van der Waals surface area contributed by atoms with Crippen molar-refractivity contribution in [1.29, 1.82) is 5.26 Å². The number of aliphatic hydroxyl groups excluding tert-OH is 1. The van der Waals surface area contributed by atoms with E-state index < -0.39 is 0 Å². The van der Waals surface area contributed by atoms with Crippen LogP contribution in [0.3, 0.4) is 0 Å². The number of nitrogens with one attached hydrogen (secondary N) is 1. The summed E-state index contributed by atoms with van der Waals surface area (Å²) in [6.07, 6.45) is 1.38. The van der Waals surface area contributed by atoms with Gasteiger partial charge in [-0.05, 0) is 50.6 Å². The zero-order chi connectivity index (χ0) is 14.5. The van der Waals surface area contributed by atoms with Crippen LogP contribution in [-0.2, 0) is 4.79 Å². The summed E-state index contributed by atoms with van der Waals surface area (Å²) in [4.78, 5) is 14.2. The minimum atomic E-state index is -0.339. The second-order valence-corrected chi connectivity index (χ2v) is 5.15. The standard InChI is InChI=1S/C15H19N3O2/c1-11(18-8-2-3-14(19)10-18)15(20)17-13-6-4-12(9-16)5-7-13/h4-7,11,14,19H,2-3,8,10H2,1H3,(H,17,20). The summed E-state index contributed by atoms with van der Waals surface area (Å²) >= 11 is 0. The number of piperidine rings is 1. The van der Waals surface area contributed by atoms with E-state index in [0.29, 0.717) is 17.8 Å². The Bertz CT molecular complexity index is 507. The van der Waals surface area contributed by atoms with E-state index >= 15 is 0 Å². The Hall–Kier alpha value is -1.90. The number of hydrogen-bond donors (Lipinski definition) is 2. The highest BCUT2D eigenvalue weighted by Gasteiger charge is 2.26. The lowest BCUT2D eigenvalue weighted by Gasteiger charge is -2.33. The third-order valence-electron chi connectivity index (χ3n) is 3.64. The lowest BCUT2D eigenvalue weighted by atomic mass is 10.1. The summed E-state index contributed by atoms with van der Waals surface area (Å²) in [5.74, 6) is -0.0937. The Morgan fingerprint density at radius 2 is 2.20 bits per heavy atom. The molecule has 2 atom stereocenters. The third-order valence-corrected chi connectivity index (χ3v) is 3.64. The van der Waals surface area contributed by atoms with E-state index in [1.54, 1.807) is 24.3 Å². The average molecular weight is 273 g/mol. The molecule has 2 unspecified atom stereocenters. The first-order chi connectivity index (χ1) is 9.60. The van der Waals surface area contributed by atoms with Gasteiger partial charge < -0.3 is 10.4 Å². The summed E-state index contributed by atoms with van der Waals surface area (Å²) in [6, 6.07) is 8.54. The van der Waals surface area contributed by atoms with Gasteiger partial charge in [-0.15, -0.1) is 0 Å². The molecular weight excluding hydrogens is 254 g/mol. The first-order valence-electron chi connectivity index (χ1n) is 6.83. The molecule has 1 aliphatic rings. The number of carbonyl (C=O) groups excluding carboxylic acids is 1. The molecule has 1 amide bonds. The molecule has 5 heteroatoms. The molecule has 106 valence electrons. The smallest absolute Gasteiger partial charge is 0.241 e. The van der Waals surface area contributed by atoms with E-state index in [1.807, 2.05) is 17.9 Å². The number of carbonyl (C=O) groups is 1. The molecule has 0 radical (unpaired) electrons. The number of hydrogen-bond acceptors (Lipinski definition) is 4. The third kappa shape index (κ3) is 3.56. The Morgan fingerprint density at radius 1 is 1.50 bits per heavy atom. The number of rotatable bonds is 3. The highest BCUT2D eigenvalue weighted by molar-refractivity contribution is 5.94. The summed E-state index contributed by atoms with van der Waals surface area (Å²) in [5.41, 5.74) is 1.24. The monoisotopic (exact) mass is 273 g/mol. The second kappa shape index (κ2) is 6.51. The van der Waals surface area contributed by atoms with Crippen molar-refractivity contribution in [2.45, 2.75) is 31.9 Å². The van der Waals surface area contributed by atoms with Crippen molar-refractivity contribution >= 4 is 11.6 Å². The quantitative estimate of drug-likeness (QED) is 0.871. The van der Waals surface area contributed by atoms with E-state index in [2.05, 4.69) is 5.32 Å². The van der Waals surface area contributed by atoms with Gasteiger partial charge in [0.25, 0.3) is 0 Å². The first kappa shape index (κ1) is 14.5. The van der Waals surface area contributed by atoms with Crippen molar-refractivity contribution in [2.24, 2.45) is 0 Å². The maximum Gasteiger partial charge on any atom is 0.241 e. The zero-order valence-corrected chi connectivity index (χ0v) is 11.5. The molecule has 1 fully saturated rings. The van der Waals surface area contributed by atoms with E-state index in [9.17, 15) is 9.90 Å². The fraction of sp³-hybridized carbons (Fsp3) is 0.467. The SMILES string of the molecule is CC(C(=O)Nc1ccc(C#N)cc1)N1CCCC(O)C1. The molecule has 1 aliphatic heterocycles. The fourth-order valence-electron chi connectivity index (χ4n) is 2.38. The van der Waals surface area contributed by atoms with E-state index in [-0.39, 0.29) is 18.1 Å². The molecule has 0 saturated carbocycles. The summed E-state index contributed by atoms with van der Waals surface area (Å²) in [6.45, 7) is 3.22. The number of likely N-dealkylation sites (tertiary alicyclic amines) is 1. The average Bonchev–Trinajstić information content (AvgIpc) is 2.47. The van der Waals surface area contributed by atoms with Crippen LogP contribution in [0, 0.1) is 11.3 Å². The van der Waals surface area contributed by atoms with Crippen molar-refractivity contribution in [3.63, 3.8) is 0 Å². The minimum Gasteiger partial charge on any atom is -0.392 e. The Balaban J connectivity index is 1.94. The Labute approximate surface area is 118 Å². The van der Waals surface area contributed by atoms with Gasteiger partial charge in [-0.2, -0.15) is 5.26 Å². The molecule has 1 aromatic rings. The number of β-amino-alcohol motifs (C(OH)–C–C–N with tert-alkyl or cyclic N) is 1. The van der Waals surface area contributed by atoms with E-state index in [0.717, 1.165) is 19.4 Å². The van der Waals surface area contributed by atoms with Crippen LogP contribution in [0.15, 0.2) is 24.3 Å². The molecule has 1 heterocycles. The Morgan fingerprint density at radius 3 is 2.80 bits per heavy atom. The molecule has 2 rings (SSSR count). The number of nitriles is 1. The molecule has 1 saturated heterocycles. The molecule has 0 aromatic heterocycles. The van der Waals surface area contributed by atoms with Gasteiger partial charge in [-0.1, -0.05) is 0 Å². The first-order valence-corrected chi connectivity index (χ1v) is 6.83. The number of nitrogens with zero attached hydrogens (tertiary/aromatic N) is 2. The number of benzene rings is 1. The zero-order valence-electron chi connectivity index (χ0n) is 11.5. The highest BCUT2D eigenvalue weighted by atomic mass is 16.3. The van der Waals surface area contributed by atoms with Crippen LogP contribution in [0.1, 0.15) is 25.3 Å². The second-order valence-electron chi connectivity index (χ2n) is 5.15. The molecular formula is C15H19N3O2. The van der Waals surface area contributed by atoms with Gasteiger partial charge in [0.1, 0.15) is 0 Å². The van der Waals surface area contributed by atoms with Gasteiger partial charge in [0.2, 0.25) is 5.91 Å². The fourth-order valence-corrected chi connectivity index (χ4v) is 2.38. The van der Waals surface area contributed by atoms with Crippen molar-refractivity contribution < 1.29 is 9.90 Å². The largest absolute Gasteiger partial charge is 0.392 e. The van der Waals surface area contributed by atoms with Crippen LogP contribution in [-0.4, -0.2) is 41.1 Å². The lowest BCUT2D eigenvalue weighted by molar-refractivity contribution is -0.121. The van der Waals surface area contributed by atoms with Gasteiger partial charge in [-0.25, -0.2) is 0 Å². The summed E-state index contributed by atoms with van der Waals surface area (Å²) in [5, 5.41) is 21.2. The van der Waals surface area contributed by atoms with Crippen LogP contribution in [0.25, 0.3) is 0 Å². The van der Waals surface area contributed by atoms with E-state index in [1.165, 1.54) is 0 Å². The van der Waals surface area contributed by atoms with Crippen molar-refractivity contribution in [3.8, 4) is 6.07 Å². The molecule has 0 bridgehead atoms. The van der Waals surface area contributed by atoms with Crippen LogP contribution in [0.2, 0.25) is 0 Å². The summed E-state index contributed by atoms with van der Waals surface area (Å²) < 4.78 is 0. The Kier molecular flexibility index (Phi) is 4.72. The number of anilines is 1. The normalized spacial score (nSPS) is 20.9. The molecule has 0 spiro atoms. The van der Waals surface area contributed by atoms with Crippen LogP contribution < -0.4 is 5.32 Å². The van der Waals surface area contributed by atoms with Crippen LogP contribution in [0.4, 0.5) is 5.69 Å². The molecule has 0 aliphatic carbocycles. The van der Waals surface area contributed by atoms with Gasteiger partial charge in [-0.3, -0.25) is 9.69 Å². The number of amides is 1. The van der Waals surface area contributed by atoms with Gasteiger partial charge in [0, 0.05) is 12.2 Å². The maximum absolute atomic E-state index is 12.2. The molecule has 2 N–H and O–H groups in total. The van der Waals surface area contributed by atoms with Gasteiger partial charge >= 0.3 is 0 Å². The highest BCUT2D eigenvalue weighted by Crippen LogP contribution is 2.15. The van der Waals surface area contributed by atoms with Crippen LogP contribution in [0.5, 0.6) is 0 Å². The van der Waals surface area contributed by atoms with Gasteiger partial charge in [0.05, 0.1) is 23.8 Å². The van der Waals surface area contributed by atoms with Crippen molar-refractivity contribution in [3.05, 3.63) is 29.8 Å². The lowest BCUT2D eigenvalue weighted by Crippen LogP contribution is -2.48. The molecule has 1 aromatic carbocycles. The minimum absolute atomic E-state index is 0.0937.